The van der Waals surface area contributed by atoms with Crippen molar-refractivity contribution in [2.75, 3.05) is 12.8 Å². The number of halogens is 1. The van der Waals surface area contributed by atoms with Crippen LogP contribution < -0.4 is 11.1 Å². The normalized spacial score (nSPS) is 25.1. The van der Waals surface area contributed by atoms with Crippen molar-refractivity contribution in [1.82, 2.24) is 5.32 Å². The minimum atomic E-state index is -0.776. The standard InChI is InChI=1S/C11H21N3OS.HI/c1-16(15)11(6-7-11)8-13-10(12)14-9-4-2-3-5-9;/h9H,2-8H2,1H3,(H3,12,13,14);1H. The summed E-state index contributed by atoms with van der Waals surface area (Å²) < 4.78 is 11.4. The summed E-state index contributed by atoms with van der Waals surface area (Å²) >= 11 is 0. The molecule has 0 saturated heterocycles. The number of nitrogens with one attached hydrogen (secondary N) is 1. The summed E-state index contributed by atoms with van der Waals surface area (Å²) in [6, 6.07) is 0.506. The van der Waals surface area contributed by atoms with Crippen molar-refractivity contribution in [1.29, 1.82) is 0 Å². The summed E-state index contributed by atoms with van der Waals surface area (Å²) in [6.07, 6.45) is 8.78. The predicted molar refractivity (Wildman–Crippen MR) is 83.3 cm³/mol. The van der Waals surface area contributed by atoms with E-state index in [1.807, 2.05) is 0 Å². The Bertz CT molecular complexity index is 312. The van der Waals surface area contributed by atoms with E-state index in [9.17, 15) is 4.21 Å². The van der Waals surface area contributed by atoms with Crippen molar-refractivity contribution in [3.63, 3.8) is 0 Å². The van der Waals surface area contributed by atoms with Crippen LogP contribution in [0.2, 0.25) is 0 Å². The molecule has 2 rings (SSSR count). The highest BCUT2D eigenvalue weighted by atomic mass is 127. The highest BCUT2D eigenvalue weighted by molar-refractivity contribution is 14.0. The van der Waals surface area contributed by atoms with Crippen LogP contribution in [0.4, 0.5) is 0 Å². The van der Waals surface area contributed by atoms with Gasteiger partial charge in [-0.1, -0.05) is 12.8 Å². The van der Waals surface area contributed by atoms with Gasteiger partial charge in [0.05, 0.1) is 11.3 Å². The van der Waals surface area contributed by atoms with Gasteiger partial charge in [0.25, 0.3) is 0 Å². The van der Waals surface area contributed by atoms with Crippen LogP contribution in [0.15, 0.2) is 4.99 Å². The lowest BCUT2D eigenvalue weighted by molar-refractivity contribution is 0.624. The molecule has 100 valence electrons. The molecule has 0 aromatic rings. The zero-order chi connectivity index (χ0) is 11.6. The fourth-order valence-electron chi connectivity index (χ4n) is 2.23. The first-order valence-corrected chi connectivity index (χ1v) is 7.58. The van der Waals surface area contributed by atoms with Gasteiger partial charge in [-0.25, -0.2) is 0 Å². The molecule has 2 aliphatic carbocycles. The van der Waals surface area contributed by atoms with Crippen molar-refractivity contribution < 1.29 is 4.21 Å². The molecule has 0 aromatic heterocycles. The van der Waals surface area contributed by atoms with Gasteiger partial charge in [-0.05, 0) is 25.7 Å². The van der Waals surface area contributed by atoms with E-state index in [1.54, 1.807) is 6.26 Å². The third-order valence-electron chi connectivity index (χ3n) is 3.66. The zero-order valence-electron chi connectivity index (χ0n) is 10.3. The second-order valence-corrected chi connectivity index (χ2v) is 6.74. The first-order chi connectivity index (χ1) is 7.62. The molecule has 0 radical (unpaired) electrons. The molecular weight excluding hydrogens is 349 g/mol. The molecule has 1 unspecified atom stereocenters. The van der Waals surface area contributed by atoms with Crippen molar-refractivity contribution in [2.45, 2.75) is 49.3 Å². The van der Waals surface area contributed by atoms with E-state index in [1.165, 1.54) is 25.7 Å². The molecule has 0 aromatic carbocycles. The van der Waals surface area contributed by atoms with Crippen molar-refractivity contribution in [3.05, 3.63) is 0 Å². The monoisotopic (exact) mass is 371 g/mol. The lowest BCUT2D eigenvalue weighted by atomic mass is 10.2. The number of nitrogens with two attached hydrogens (primary N) is 1. The highest BCUT2D eigenvalue weighted by Gasteiger charge is 2.46. The van der Waals surface area contributed by atoms with Crippen LogP contribution in [0, 0.1) is 0 Å². The molecule has 2 aliphatic rings. The number of rotatable bonds is 4. The molecule has 0 aliphatic heterocycles. The number of nitrogens with zero attached hydrogens (tertiary/aromatic N) is 1. The minimum Gasteiger partial charge on any atom is -0.370 e. The predicted octanol–water partition coefficient (Wildman–Crippen LogP) is 1.36. The summed E-state index contributed by atoms with van der Waals surface area (Å²) in [7, 11) is -0.776. The third kappa shape index (κ3) is 4.08. The Morgan fingerprint density at radius 3 is 2.53 bits per heavy atom. The average molecular weight is 371 g/mol. The maximum atomic E-state index is 11.5. The van der Waals surface area contributed by atoms with Gasteiger partial charge in [-0.2, -0.15) is 0 Å². The fourth-order valence-corrected chi connectivity index (χ4v) is 3.15. The van der Waals surface area contributed by atoms with Gasteiger partial charge >= 0.3 is 0 Å². The molecule has 17 heavy (non-hydrogen) atoms. The Labute approximate surface area is 123 Å². The molecule has 2 saturated carbocycles. The molecule has 4 nitrogen and oxygen atoms in total. The minimum absolute atomic E-state index is 0. The fraction of sp³-hybridized carbons (Fsp3) is 0.909. The number of guanidine groups is 1. The van der Waals surface area contributed by atoms with E-state index in [-0.39, 0.29) is 28.7 Å². The van der Waals surface area contributed by atoms with E-state index in [2.05, 4.69) is 10.3 Å². The maximum absolute atomic E-state index is 11.5. The van der Waals surface area contributed by atoms with Crippen LogP contribution in [0.1, 0.15) is 38.5 Å². The number of aliphatic imine (C=N–C) groups is 1. The van der Waals surface area contributed by atoms with Crippen LogP contribution in [-0.4, -0.2) is 33.8 Å². The molecule has 0 spiro atoms. The van der Waals surface area contributed by atoms with E-state index in [0.29, 0.717) is 18.5 Å². The lowest BCUT2D eigenvalue weighted by Gasteiger charge is -2.14. The highest BCUT2D eigenvalue weighted by Crippen LogP contribution is 2.41. The molecule has 6 heteroatoms. The van der Waals surface area contributed by atoms with Crippen LogP contribution in [0.25, 0.3) is 0 Å². The van der Waals surface area contributed by atoms with Gasteiger partial charge in [-0.3, -0.25) is 9.20 Å². The molecule has 0 bridgehead atoms. The summed E-state index contributed by atoms with van der Waals surface area (Å²) in [5.74, 6) is 0.531. The van der Waals surface area contributed by atoms with E-state index >= 15 is 0 Å². The van der Waals surface area contributed by atoms with Crippen LogP contribution in [0.5, 0.6) is 0 Å². The quantitative estimate of drug-likeness (QED) is 0.446. The summed E-state index contributed by atoms with van der Waals surface area (Å²) in [5.41, 5.74) is 5.83. The Hall–Kier alpha value is 0.150. The molecule has 0 amide bonds. The summed E-state index contributed by atoms with van der Waals surface area (Å²) in [6.45, 7) is 0.613. The smallest absolute Gasteiger partial charge is 0.188 e. The topological polar surface area (TPSA) is 67.5 Å². The summed E-state index contributed by atoms with van der Waals surface area (Å²) in [4.78, 5) is 4.33. The number of hydrogen-bond donors (Lipinski definition) is 2. The first-order valence-electron chi connectivity index (χ1n) is 6.02. The van der Waals surface area contributed by atoms with Crippen LogP contribution in [-0.2, 0) is 10.8 Å². The van der Waals surface area contributed by atoms with Crippen molar-refractivity contribution in [2.24, 2.45) is 10.7 Å². The van der Waals surface area contributed by atoms with Gasteiger partial charge in [0, 0.05) is 23.1 Å². The molecule has 3 N–H and O–H groups in total. The van der Waals surface area contributed by atoms with Gasteiger partial charge in [-0.15, -0.1) is 24.0 Å². The van der Waals surface area contributed by atoms with Crippen molar-refractivity contribution >= 4 is 40.7 Å². The second kappa shape index (κ2) is 6.36. The Morgan fingerprint density at radius 1 is 1.47 bits per heavy atom. The van der Waals surface area contributed by atoms with E-state index < -0.39 is 10.8 Å². The van der Waals surface area contributed by atoms with Gasteiger partial charge in [0.2, 0.25) is 0 Å². The van der Waals surface area contributed by atoms with Crippen molar-refractivity contribution in [3.8, 4) is 0 Å². The maximum Gasteiger partial charge on any atom is 0.188 e. The SMILES string of the molecule is CS(=O)C1(CN=C(N)NC2CCCC2)CC1.I. The largest absolute Gasteiger partial charge is 0.370 e. The molecule has 1 atom stereocenters. The molecule has 2 fully saturated rings. The van der Waals surface area contributed by atoms with Crippen LogP contribution in [0.3, 0.4) is 0 Å². The first kappa shape index (κ1) is 15.2. The Balaban J connectivity index is 0.00000144. The van der Waals surface area contributed by atoms with E-state index in [4.69, 9.17) is 5.73 Å². The Kier molecular flexibility index (Phi) is 5.69. The van der Waals surface area contributed by atoms with Crippen LogP contribution >= 0.6 is 24.0 Å². The van der Waals surface area contributed by atoms with Gasteiger partial charge in [0.1, 0.15) is 0 Å². The molecular formula is C11H22IN3OS. The third-order valence-corrected chi connectivity index (χ3v) is 5.42. The van der Waals surface area contributed by atoms with Gasteiger partial charge < -0.3 is 11.1 Å². The second-order valence-electron chi connectivity index (χ2n) is 4.96. The average Bonchev–Trinajstić information content (AvgIpc) is 2.88. The Morgan fingerprint density at radius 2 is 2.06 bits per heavy atom. The molecule has 0 heterocycles. The van der Waals surface area contributed by atoms with E-state index in [0.717, 1.165) is 12.8 Å². The van der Waals surface area contributed by atoms with Gasteiger partial charge in [0.15, 0.2) is 5.96 Å². The number of hydrogen-bond acceptors (Lipinski definition) is 2. The summed E-state index contributed by atoms with van der Waals surface area (Å²) in [5, 5.41) is 3.25. The zero-order valence-corrected chi connectivity index (χ0v) is 13.4. The lowest BCUT2D eigenvalue weighted by Crippen LogP contribution is -2.39.